The van der Waals surface area contributed by atoms with Gasteiger partial charge in [-0.2, -0.15) is 0 Å². The van der Waals surface area contributed by atoms with Crippen LogP contribution < -0.4 is 15.4 Å². The molecule has 1 saturated carbocycles. The van der Waals surface area contributed by atoms with Crippen LogP contribution >= 0.6 is 11.3 Å². The number of esters is 1. The van der Waals surface area contributed by atoms with Gasteiger partial charge in [-0.15, -0.1) is 11.3 Å². The first-order chi connectivity index (χ1) is 12.7. The zero-order valence-electron chi connectivity index (χ0n) is 14.9. The summed E-state index contributed by atoms with van der Waals surface area (Å²) in [6, 6.07) is 2.75. The molecule has 2 rings (SSSR count). The molecule has 0 spiro atoms. The Kier molecular flexibility index (Phi) is 7.75. The van der Waals surface area contributed by atoms with Crippen molar-refractivity contribution < 1.29 is 27.5 Å². The van der Waals surface area contributed by atoms with Gasteiger partial charge in [0.1, 0.15) is 4.88 Å². The minimum atomic E-state index is -3.25. The van der Waals surface area contributed by atoms with E-state index >= 15 is 0 Å². The van der Waals surface area contributed by atoms with E-state index in [1.807, 2.05) is 0 Å². The van der Waals surface area contributed by atoms with Crippen molar-refractivity contribution >= 4 is 39.3 Å². The van der Waals surface area contributed by atoms with Crippen LogP contribution in [0.5, 0.6) is 0 Å². The molecule has 1 fully saturated rings. The highest BCUT2D eigenvalue weighted by Crippen LogP contribution is 2.18. The van der Waals surface area contributed by atoms with Crippen molar-refractivity contribution in [1.29, 1.82) is 0 Å². The Hall–Kier alpha value is -1.98. The van der Waals surface area contributed by atoms with Gasteiger partial charge in [0.25, 0.3) is 5.91 Å². The lowest BCUT2D eigenvalue weighted by Gasteiger charge is -2.12. The lowest BCUT2D eigenvalue weighted by Crippen LogP contribution is -2.44. The van der Waals surface area contributed by atoms with E-state index in [0.717, 1.165) is 48.2 Å². The van der Waals surface area contributed by atoms with E-state index in [-0.39, 0.29) is 12.6 Å². The molecule has 1 aromatic heterocycles. The van der Waals surface area contributed by atoms with Crippen molar-refractivity contribution in [2.24, 2.45) is 0 Å². The number of sulfonamides is 1. The number of urea groups is 1. The van der Waals surface area contributed by atoms with Gasteiger partial charge in [-0.25, -0.2) is 22.7 Å². The molecule has 1 heterocycles. The molecule has 150 valence electrons. The second-order valence-corrected chi connectivity index (χ2v) is 9.26. The van der Waals surface area contributed by atoms with Crippen molar-refractivity contribution in [3.05, 3.63) is 21.9 Å². The minimum absolute atomic E-state index is 0.0853. The normalized spacial score (nSPS) is 14.7. The van der Waals surface area contributed by atoms with E-state index in [2.05, 4.69) is 15.4 Å². The van der Waals surface area contributed by atoms with Crippen molar-refractivity contribution in [2.75, 3.05) is 19.4 Å². The summed E-state index contributed by atoms with van der Waals surface area (Å²) in [5, 5.41) is 4.84. The molecule has 11 heteroatoms. The molecule has 0 bridgehead atoms. The highest BCUT2D eigenvalue weighted by molar-refractivity contribution is 7.88. The monoisotopic (exact) mass is 417 g/mol. The Morgan fingerprint density at radius 2 is 1.93 bits per heavy atom. The van der Waals surface area contributed by atoms with Crippen LogP contribution in [0.2, 0.25) is 0 Å². The molecule has 3 N–H and O–H groups in total. The fraction of sp³-hybridized carbons (Fsp3) is 0.562. The Bertz CT molecular complexity index is 784. The molecule has 1 aliphatic carbocycles. The van der Waals surface area contributed by atoms with Gasteiger partial charge in [0.2, 0.25) is 10.0 Å². The zero-order valence-corrected chi connectivity index (χ0v) is 16.6. The Labute approximate surface area is 161 Å². The van der Waals surface area contributed by atoms with Crippen LogP contribution in [0.15, 0.2) is 12.1 Å². The van der Waals surface area contributed by atoms with E-state index in [1.54, 1.807) is 12.1 Å². The highest BCUT2D eigenvalue weighted by atomic mass is 32.2. The standard InChI is InChI=1S/C16H23N3O6S2/c1-27(23,24)17-9-8-12-6-7-13(26-12)15(21)25-10-14(20)19-16(22)18-11-4-2-3-5-11/h6-7,11,17H,2-5,8-10H2,1H3,(H2,18,19,20,22). The second-order valence-electron chi connectivity index (χ2n) is 6.26. The molecule has 27 heavy (non-hydrogen) atoms. The van der Waals surface area contributed by atoms with E-state index < -0.39 is 34.5 Å². The third-order valence-electron chi connectivity index (χ3n) is 3.88. The first-order valence-electron chi connectivity index (χ1n) is 8.54. The van der Waals surface area contributed by atoms with Crippen LogP contribution in [-0.2, 0) is 26.0 Å². The smallest absolute Gasteiger partial charge is 0.348 e. The van der Waals surface area contributed by atoms with Gasteiger partial charge in [-0.1, -0.05) is 12.8 Å². The van der Waals surface area contributed by atoms with Gasteiger partial charge in [-0.3, -0.25) is 10.1 Å². The Balaban J connectivity index is 1.70. The molecule has 0 aliphatic heterocycles. The number of imide groups is 1. The van der Waals surface area contributed by atoms with E-state index in [0.29, 0.717) is 11.3 Å². The van der Waals surface area contributed by atoms with Gasteiger partial charge in [0.15, 0.2) is 6.61 Å². The molecule has 1 aliphatic rings. The van der Waals surface area contributed by atoms with Crippen LogP contribution in [0.3, 0.4) is 0 Å². The van der Waals surface area contributed by atoms with Crippen LogP contribution in [-0.4, -0.2) is 51.8 Å². The number of nitrogens with one attached hydrogen (secondary N) is 3. The molecular weight excluding hydrogens is 394 g/mol. The highest BCUT2D eigenvalue weighted by Gasteiger charge is 2.19. The van der Waals surface area contributed by atoms with E-state index in [9.17, 15) is 22.8 Å². The summed E-state index contributed by atoms with van der Waals surface area (Å²) in [5.41, 5.74) is 0. The van der Waals surface area contributed by atoms with Crippen LogP contribution in [0.25, 0.3) is 0 Å². The fourth-order valence-electron chi connectivity index (χ4n) is 2.64. The maximum atomic E-state index is 12.0. The number of hydrogen-bond acceptors (Lipinski definition) is 7. The number of amides is 3. The van der Waals surface area contributed by atoms with Crippen LogP contribution in [0.4, 0.5) is 4.79 Å². The fourth-order valence-corrected chi connectivity index (χ4v) is 4.01. The van der Waals surface area contributed by atoms with Gasteiger partial charge in [0, 0.05) is 17.5 Å². The maximum absolute atomic E-state index is 12.0. The summed E-state index contributed by atoms with van der Waals surface area (Å²) < 4.78 is 29.3. The van der Waals surface area contributed by atoms with E-state index in [1.165, 1.54) is 0 Å². The molecule has 3 amide bonds. The van der Waals surface area contributed by atoms with E-state index in [4.69, 9.17) is 4.74 Å². The molecule has 0 radical (unpaired) electrons. The number of thiophene rings is 1. The zero-order chi connectivity index (χ0) is 19.9. The number of hydrogen-bond donors (Lipinski definition) is 3. The van der Waals surface area contributed by atoms with Crippen molar-refractivity contribution in [1.82, 2.24) is 15.4 Å². The molecule has 0 aromatic carbocycles. The summed E-state index contributed by atoms with van der Waals surface area (Å²) in [6.07, 6.45) is 5.43. The average Bonchev–Trinajstić information content (AvgIpc) is 3.23. The third kappa shape index (κ3) is 8.06. The Morgan fingerprint density at radius 3 is 2.59 bits per heavy atom. The third-order valence-corrected chi connectivity index (χ3v) is 5.73. The predicted octanol–water partition coefficient (Wildman–Crippen LogP) is 0.765. The molecule has 0 unspecified atom stereocenters. The lowest BCUT2D eigenvalue weighted by atomic mass is 10.2. The molecule has 1 aromatic rings. The largest absolute Gasteiger partial charge is 0.451 e. The van der Waals surface area contributed by atoms with Crippen LogP contribution in [0.1, 0.15) is 40.2 Å². The summed E-state index contributed by atoms with van der Waals surface area (Å²) in [4.78, 5) is 36.4. The van der Waals surface area contributed by atoms with Crippen molar-refractivity contribution in [2.45, 2.75) is 38.1 Å². The van der Waals surface area contributed by atoms with Gasteiger partial charge in [0.05, 0.1) is 6.26 Å². The summed E-state index contributed by atoms with van der Waals surface area (Å²) in [6.45, 7) is -0.327. The van der Waals surface area contributed by atoms with Gasteiger partial charge < -0.3 is 10.1 Å². The van der Waals surface area contributed by atoms with Gasteiger partial charge in [-0.05, 0) is 31.4 Å². The Morgan fingerprint density at radius 1 is 1.22 bits per heavy atom. The minimum Gasteiger partial charge on any atom is -0.451 e. The van der Waals surface area contributed by atoms with Crippen molar-refractivity contribution in [3.63, 3.8) is 0 Å². The SMILES string of the molecule is CS(=O)(=O)NCCc1ccc(C(=O)OCC(=O)NC(=O)NC2CCCC2)s1. The predicted molar refractivity (Wildman–Crippen MR) is 100 cm³/mol. The summed E-state index contributed by atoms with van der Waals surface area (Å²) in [7, 11) is -3.25. The molecular formula is C16H23N3O6S2. The summed E-state index contributed by atoms with van der Waals surface area (Å²) >= 11 is 1.16. The number of rotatable bonds is 8. The first kappa shape index (κ1) is 21.3. The van der Waals surface area contributed by atoms with Crippen LogP contribution in [0, 0.1) is 0 Å². The lowest BCUT2D eigenvalue weighted by molar-refractivity contribution is -0.123. The topological polar surface area (TPSA) is 131 Å². The number of carbonyl (C=O) groups is 3. The molecule has 0 saturated heterocycles. The summed E-state index contributed by atoms with van der Waals surface area (Å²) in [5.74, 6) is -1.37. The van der Waals surface area contributed by atoms with Crippen molar-refractivity contribution in [3.8, 4) is 0 Å². The second kappa shape index (κ2) is 9.81. The first-order valence-corrected chi connectivity index (χ1v) is 11.2. The van der Waals surface area contributed by atoms with Gasteiger partial charge >= 0.3 is 12.0 Å². The maximum Gasteiger partial charge on any atom is 0.348 e. The average molecular weight is 418 g/mol. The quantitative estimate of drug-likeness (QED) is 0.536. The molecule has 0 atom stereocenters. The number of ether oxygens (including phenoxy) is 1. The number of carbonyl (C=O) groups excluding carboxylic acids is 3. The molecule has 9 nitrogen and oxygen atoms in total.